The van der Waals surface area contributed by atoms with Gasteiger partial charge in [-0.15, -0.1) is 0 Å². The molecule has 0 saturated heterocycles. The Kier molecular flexibility index (Phi) is 7.70. The third-order valence-electron chi connectivity index (χ3n) is 3.18. The monoisotopic (exact) mass is 338 g/mol. The molecule has 2 amide bonds. The normalized spacial score (nSPS) is 14.0. The van der Waals surface area contributed by atoms with Crippen LogP contribution in [-0.4, -0.2) is 48.4 Å². The van der Waals surface area contributed by atoms with E-state index in [1.165, 1.54) is 13.8 Å². The fraction of sp³-hybridized carbons (Fsp3) is 0.438. The topological polar surface area (TPSA) is 114 Å². The third-order valence-corrected chi connectivity index (χ3v) is 3.18. The zero-order valence-corrected chi connectivity index (χ0v) is 13.8. The predicted molar refractivity (Wildman–Crippen MR) is 84.9 cm³/mol. The summed E-state index contributed by atoms with van der Waals surface area (Å²) in [5.74, 6) is -1.43. The van der Waals surface area contributed by atoms with Gasteiger partial charge in [-0.25, -0.2) is 9.59 Å². The second kappa shape index (κ2) is 9.51. The van der Waals surface area contributed by atoms with Gasteiger partial charge in [0.2, 0.25) is 5.91 Å². The third kappa shape index (κ3) is 6.25. The molecule has 0 aliphatic rings. The zero-order chi connectivity index (χ0) is 18.1. The van der Waals surface area contributed by atoms with Gasteiger partial charge in [0.25, 0.3) is 0 Å². The second-order valence-electron chi connectivity index (χ2n) is 5.18. The number of aliphatic hydroxyl groups excluding tert-OH is 1. The molecular weight excluding hydrogens is 316 g/mol. The van der Waals surface area contributed by atoms with Gasteiger partial charge in [0, 0.05) is 0 Å². The summed E-state index contributed by atoms with van der Waals surface area (Å²) in [4.78, 5) is 35.2. The van der Waals surface area contributed by atoms with E-state index in [0.717, 1.165) is 12.7 Å². The van der Waals surface area contributed by atoms with Crippen molar-refractivity contribution in [3.8, 4) is 0 Å². The van der Waals surface area contributed by atoms with Crippen molar-refractivity contribution < 1.29 is 29.0 Å². The van der Waals surface area contributed by atoms with Crippen molar-refractivity contribution in [2.75, 3.05) is 7.11 Å². The molecule has 24 heavy (non-hydrogen) atoms. The molecule has 0 radical (unpaired) electrons. The summed E-state index contributed by atoms with van der Waals surface area (Å²) in [7, 11) is 1.15. The van der Waals surface area contributed by atoms with Crippen LogP contribution in [0.4, 0.5) is 4.79 Å². The summed E-state index contributed by atoms with van der Waals surface area (Å²) >= 11 is 0. The molecule has 0 bridgehead atoms. The van der Waals surface area contributed by atoms with Gasteiger partial charge >= 0.3 is 12.1 Å². The van der Waals surface area contributed by atoms with Crippen molar-refractivity contribution in [2.24, 2.45) is 0 Å². The largest absolute Gasteiger partial charge is 0.467 e. The lowest BCUT2D eigenvalue weighted by Crippen LogP contribution is -2.54. The minimum absolute atomic E-state index is 0.0689. The van der Waals surface area contributed by atoms with Gasteiger partial charge in [-0.1, -0.05) is 30.3 Å². The van der Waals surface area contributed by atoms with Crippen LogP contribution in [0.2, 0.25) is 0 Å². The first-order valence-corrected chi connectivity index (χ1v) is 7.38. The first-order chi connectivity index (χ1) is 11.3. The van der Waals surface area contributed by atoms with E-state index in [0.29, 0.717) is 0 Å². The summed E-state index contributed by atoms with van der Waals surface area (Å²) in [5, 5.41) is 14.2. The quantitative estimate of drug-likeness (QED) is 0.618. The van der Waals surface area contributed by atoms with Gasteiger partial charge in [0.15, 0.2) is 6.04 Å². The molecule has 0 heterocycles. The van der Waals surface area contributed by atoms with Crippen LogP contribution in [0.25, 0.3) is 0 Å². The van der Waals surface area contributed by atoms with Crippen LogP contribution in [0.3, 0.4) is 0 Å². The van der Waals surface area contributed by atoms with Crippen LogP contribution in [-0.2, 0) is 25.7 Å². The predicted octanol–water partition coefficient (Wildman–Crippen LogP) is 0.340. The first-order valence-electron chi connectivity index (χ1n) is 7.38. The smallest absolute Gasteiger partial charge is 0.408 e. The van der Waals surface area contributed by atoms with E-state index in [-0.39, 0.29) is 6.61 Å². The number of hydrogen-bond donors (Lipinski definition) is 3. The Morgan fingerprint density at radius 2 is 1.75 bits per heavy atom. The molecule has 1 rings (SSSR count). The molecule has 0 unspecified atom stereocenters. The van der Waals surface area contributed by atoms with Crippen molar-refractivity contribution in [1.82, 2.24) is 10.6 Å². The molecule has 0 aliphatic carbocycles. The van der Waals surface area contributed by atoms with Crippen LogP contribution in [0.5, 0.6) is 0 Å². The number of nitrogens with one attached hydrogen (secondary N) is 2. The maximum atomic E-state index is 12.0. The van der Waals surface area contributed by atoms with Gasteiger partial charge in [-0.2, -0.15) is 0 Å². The van der Waals surface area contributed by atoms with Crippen molar-refractivity contribution in [1.29, 1.82) is 0 Å². The number of alkyl carbamates (subject to hydrolysis) is 1. The van der Waals surface area contributed by atoms with E-state index >= 15 is 0 Å². The fourth-order valence-electron chi connectivity index (χ4n) is 1.79. The van der Waals surface area contributed by atoms with Gasteiger partial charge in [-0.05, 0) is 19.4 Å². The highest BCUT2D eigenvalue weighted by Gasteiger charge is 2.28. The SMILES string of the molecule is COC(=O)[C@@H](NC(=O)[C@H](C)NC(=O)OCc1ccccc1)[C@@H](C)O. The minimum Gasteiger partial charge on any atom is -0.467 e. The summed E-state index contributed by atoms with van der Waals surface area (Å²) in [6, 6.07) is 6.90. The summed E-state index contributed by atoms with van der Waals surface area (Å²) < 4.78 is 9.50. The van der Waals surface area contributed by atoms with Crippen LogP contribution in [0.15, 0.2) is 30.3 Å². The molecule has 0 spiro atoms. The van der Waals surface area contributed by atoms with E-state index in [1.807, 2.05) is 18.2 Å². The fourth-order valence-corrected chi connectivity index (χ4v) is 1.79. The van der Waals surface area contributed by atoms with Crippen molar-refractivity contribution >= 4 is 18.0 Å². The van der Waals surface area contributed by atoms with Gasteiger partial charge in [0.05, 0.1) is 13.2 Å². The number of hydrogen-bond acceptors (Lipinski definition) is 6. The maximum absolute atomic E-state index is 12.0. The molecule has 0 fully saturated rings. The Morgan fingerprint density at radius 1 is 1.12 bits per heavy atom. The lowest BCUT2D eigenvalue weighted by Gasteiger charge is -2.21. The molecule has 1 aromatic carbocycles. The Hall–Kier alpha value is -2.61. The van der Waals surface area contributed by atoms with E-state index in [4.69, 9.17) is 4.74 Å². The standard InChI is InChI=1S/C16H22N2O6/c1-10(14(20)18-13(11(2)19)15(21)23-3)17-16(22)24-9-12-7-5-4-6-8-12/h4-8,10-11,13,19H,9H2,1-3H3,(H,17,22)(H,18,20)/t10-,11+,13-/m0/s1. The molecule has 3 N–H and O–H groups in total. The molecule has 0 aliphatic heterocycles. The van der Waals surface area contributed by atoms with Crippen molar-refractivity contribution in [3.63, 3.8) is 0 Å². The summed E-state index contributed by atoms with van der Waals surface area (Å²) in [5.41, 5.74) is 0.810. The number of ether oxygens (including phenoxy) is 2. The van der Waals surface area contributed by atoms with Crippen LogP contribution >= 0.6 is 0 Å². The van der Waals surface area contributed by atoms with E-state index in [2.05, 4.69) is 15.4 Å². The summed E-state index contributed by atoms with van der Waals surface area (Å²) in [6.07, 6.45) is -1.91. The Labute approximate surface area is 140 Å². The number of esters is 1. The average molecular weight is 338 g/mol. The average Bonchev–Trinajstić information content (AvgIpc) is 2.57. The molecule has 3 atom stereocenters. The highest BCUT2D eigenvalue weighted by atomic mass is 16.5. The highest BCUT2D eigenvalue weighted by Crippen LogP contribution is 2.01. The molecule has 8 heteroatoms. The number of carbonyl (C=O) groups is 3. The first kappa shape index (κ1) is 19.4. The molecule has 0 aromatic heterocycles. The minimum atomic E-state index is -1.22. The number of amides is 2. The summed E-state index contributed by atoms with van der Waals surface area (Å²) in [6.45, 7) is 2.84. The van der Waals surface area contributed by atoms with Crippen LogP contribution in [0, 0.1) is 0 Å². The van der Waals surface area contributed by atoms with Crippen molar-refractivity contribution in [3.05, 3.63) is 35.9 Å². The lowest BCUT2D eigenvalue weighted by molar-refractivity contribution is -0.148. The van der Waals surface area contributed by atoms with E-state index in [1.54, 1.807) is 12.1 Å². The number of benzene rings is 1. The van der Waals surface area contributed by atoms with Crippen molar-refractivity contribution in [2.45, 2.75) is 38.6 Å². The lowest BCUT2D eigenvalue weighted by atomic mass is 10.1. The van der Waals surface area contributed by atoms with Gasteiger partial charge in [-0.3, -0.25) is 4.79 Å². The molecule has 132 valence electrons. The highest BCUT2D eigenvalue weighted by molar-refractivity contribution is 5.89. The number of carbonyl (C=O) groups excluding carboxylic acids is 3. The zero-order valence-electron chi connectivity index (χ0n) is 13.8. The number of aliphatic hydroxyl groups is 1. The van der Waals surface area contributed by atoms with E-state index in [9.17, 15) is 19.5 Å². The van der Waals surface area contributed by atoms with Gasteiger partial charge in [0.1, 0.15) is 12.6 Å². The van der Waals surface area contributed by atoms with Crippen LogP contribution < -0.4 is 10.6 Å². The van der Waals surface area contributed by atoms with Gasteiger partial charge < -0.3 is 25.2 Å². The Balaban J connectivity index is 2.47. The molecular formula is C16H22N2O6. The van der Waals surface area contributed by atoms with Crippen LogP contribution in [0.1, 0.15) is 19.4 Å². The number of methoxy groups -OCH3 is 1. The molecule has 8 nitrogen and oxygen atoms in total. The number of rotatable bonds is 7. The van der Waals surface area contributed by atoms with E-state index < -0.39 is 36.2 Å². The maximum Gasteiger partial charge on any atom is 0.408 e. The molecule has 1 aromatic rings. The second-order valence-corrected chi connectivity index (χ2v) is 5.18. The Bertz CT molecular complexity index is 561. The Morgan fingerprint density at radius 3 is 2.29 bits per heavy atom. The molecule has 0 saturated carbocycles.